The van der Waals surface area contributed by atoms with E-state index in [1.165, 1.54) is 10.4 Å². The molecule has 2 N–H and O–H groups in total. The fraction of sp³-hybridized carbons (Fsp3) is 0.357. The fourth-order valence-corrected chi connectivity index (χ4v) is 3.55. The summed E-state index contributed by atoms with van der Waals surface area (Å²) in [6.45, 7) is 5.23. The van der Waals surface area contributed by atoms with E-state index in [2.05, 4.69) is 28.3 Å². The molecule has 0 saturated carbocycles. The third kappa shape index (κ3) is 1.77. The Hall–Kier alpha value is -1.55. The zero-order chi connectivity index (χ0) is 12.7. The first-order chi connectivity index (χ1) is 8.66. The second-order valence-corrected chi connectivity index (χ2v) is 5.78. The molecule has 0 fully saturated rings. The molecule has 1 atom stereocenters. The van der Waals surface area contributed by atoms with Crippen molar-refractivity contribution < 1.29 is 0 Å². The average molecular weight is 259 g/mol. The average Bonchev–Trinajstić information content (AvgIpc) is 2.82. The van der Waals surface area contributed by atoms with Crippen molar-refractivity contribution in [3.8, 4) is 0 Å². The third-order valence-electron chi connectivity index (χ3n) is 3.59. The summed E-state index contributed by atoms with van der Waals surface area (Å²) in [5.74, 6) is 0.930. The molecule has 0 radical (unpaired) electrons. The van der Waals surface area contributed by atoms with Crippen molar-refractivity contribution in [1.29, 1.82) is 0 Å². The Labute approximate surface area is 111 Å². The molecule has 0 spiro atoms. The van der Waals surface area contributed by atoms with Crippen LogP contribution in [0.1, 0.15) is 29.1 Å². The predicted molar refractivity (Wildman–Crippen MR) is 77.2 cm³/mol. The molecule has 0 amide bonds. The number of anilines is 2. The molecule has 18 heavy (non-hydrogen) atoms. The van der Waals surface area contributed by atoms with Crippen molar-refractivity contribution in [3.63, 3.8) is 0 Å². The molecule has 2 aromatic heterocycles. The molecular weight excluding hydrogens is 242 g/mol. The molecule has 1 aliphatic rings. The second kappa shape index (κ2) is 4.28. The van der Waals surface area contributed by atoms with Crippen molar-refractivity contribution in [2.75, 3.05) is 17.2 Å². The van der Waals surface area contributed by atoms with Gasteiger partial charge in [0.05, 0.1) is 11.7 Å². The minimum Gasteiger partial charge on any atom is -0.396 e. The molecule has 3 heterocycles. The summed E-state index contributed by atoms with van der Waals surface area (Å²) in [5, 5.41) is 2.18. The first-order valence-corrected chi connectivity index (χ1v) is 7.11. The van der Waals surface area contributed by atoms with Crippen molar-refractivity contribution in [2.45, 2.75) is 26.3 Å². The van der Waals surface area contributed by atoms with Gasteiger partial charge in [0, 0.05) is 17.1 Å². The van der Waals surface area contributed by atoms with Gasteiger partial charge >= 0.3 is 0 Å². The van der Waals surface area contributed by atoms with Gasteiger partial charge in [-0.3, -0.25) is 0 Å². The number of nitrogens with zero attached hydrogens (tertiary/aromatic N) is 2. The topological polar surface area (TPSA) is 42.1 Å². The molecule has 94 valence electrons. The first-order valence-electron chi connectivity index (χ1n) is 6.23. The number of nitrogen functional groups attached to an aromatic ring is 1. The number of aryl methyl sites for hydroxylation is 1. The van der Waals surface area contributed by atoms with Crippen LogP contribution in [0.5, 0.6) is 0 Å². The van der Waals surface area contributed by atoms with Crippen molar-refractivity contribution in [2.24, 2.45) is 0 Å². The highest BCUT2D eigenvalue weighted by Gasteiger charge is 2.26. The van der Waals surface area contributed by atoms with Crippen LogP contribution in [-0.4, -0.2) is 11.5 Å². The molecule has 1 aliphatic heterocycles. The van der Waals surface area contributed by atoms with E-state index in [0.29, 0.717) is 6.04 Å². The standard InChI is InChI=1S/C14H17N3S/c1-9-3-4-12(15)14(16-9)17-7-5-13-11(10(17)2)6-8-18-13/h3-4,6,8,10H,5,7,15H2,1-2H3. The van der Waals surface area contributed by atoms with Crippen LogP contribution >= 0.6 is 11.3 Å². The summed E-state index contributed by atoms with van der Waals surface area (Å²) in [6, 6.07) is 6.50. The normalized spacial score (nSPS) is 18.8. The van der Waals surface area contributed by atoms with E-state index in [-0.39, 0.29) is 0 Å². The second-order valence-electron chi connectivity index (χ2n) is 4.78. The molecule has 0 bridgehead atoms. The highest BCUT2D eigenvalue weighted by molar-refractivity contribution is 7.10. The zero-order valence-corrected chi connectivity index (χ0v) is 11.5. The van der Waals surface area contributed by atoms with Gasteiger partial charge in [-0.2, -0.15) is 0 Å². The maximum absolute atomic E-state index is 6.08. The molecule has 3 rings (SSSR count). The first kappa shape index (κ1) is 11.5. The number of aromatic nitrogens is 1. The van der Waals surface area contributed by atoms with Crippen molar-refractivity contribution in [1.82, 2.24) is 4.98 Å². The monoisotopic (exact) mass is 259 g/mol. The van der Waals surface area contributed by atoms with Crippen molar-refractivity contribution in [3.05, 3.63) is 39.7 Å². The van der Waals surface area contributed by atoms with Gasteiger partial charge in [0.15, 0.2) is 5.82 Å². The minimum absolute atomic E-state index is 0.358. The van der Waals surface area contributed by atoms with Crippen LogP contribution in [0.4, 0.5) is 11.5 Å². The molecule has 1 unspecified atom stereocenters. The van der Waals surface area contributed by atoms with Crippen LogP contribution in [0.25, 0.3) is 0 Å². The Morgan fingerprint density at radius 1 is 1.39 bits per heavy atom. The number of nitrogens with two attached hydrogens (primary N) is 1. The molecule has 0 aliphatic carbocycles. The maximum Gasteiger partial charge on any atom is 0.152 e. The van der Waals surface area contributed by atoms with E-state index < -0.39 is 0 Å². The summed E-state index contributed by atoms with van der Waals surface area (Å²) in [6.07, 6.45) is 1.09. The van der Waals surface area contributed by atoms with Crippen LogP contribution in [-0.2, 0) is 6.42 Å². The molecule has 3 nitrogen and oxygen atoms in total. The summed E-state index contributed by atoms with van der Waals surface area (Å²) in [5.41, 5.74) is 9.29. The molecule has 0 saturated heterocycles. The van der Waals surface area contributed by atoms with Gasteiger partial charge in [0.2, 0.25) is 0 Å². The number of fused-ring (bicyclic) bond motifs is 1. The van der Waals surface area contributed by atoms with Gasteiger partial charge in [-0.05, 0) is 49.4 Å². The number of rotatable bonds is 1. The highest BCUT2D eigenvalue weighted by Crippen LogP contribution is 2.37. The Bertz CT molecular complexity index is 576. The Kier molecular flexibility index (Phi) is 2.74. The largest absolute Gasteiger partial charge is 0.396 e. The Morgan fingerprint density at radius 3 is 3.06 bits per heavy atom. The number of hydrogen-bond acceptors (Lipinski definition) is 4. The lowest BCUT2D eigenvalue weighted by Crippen LogP contribution is -2.34. The van der Waals surface area contributed by atoms with E-state index in [0.717, 1.165) is 30.2 Å². The van der Waals surface area contributed by atoms with E-state index in [9.17, 15) is 0 Å². The van der Waals surface area contributed by atoms with Crippen LogP contribution in [0.2, 0.25) is 0 Å². The lowest BCUT2D eigenvalue weighted by Gasteiger charge is -2.35. The summed E-state index contributed by atoms with van der Waals surface area (Å²) in [7, 11) is 0. The smallest absolute Gasteiger partial charge is 0.152 e. The molecular formula is C14H17N3S. The lowest BCUT2D eigenvalue weighted by atomic mass is 10.0. The minimum atomic E-state index is 0.358. The van der Waals surface area contributed by atoms with Crippen LogP contribution < -0.4 is 10.6 Å². The highest BCUT2D eigenvalue weighted by atomic mass is 32.1. The summed E-state index contributed by atoms with van der Waals surface area (Å²) >= 11 is 1.86. The van der Waals surface area contributed by atoms with Gasteiger partial charge < -0.3 is 10.6 Å². The summed E-state index contributed by atoms with van der Waals surface area (Å²) < 4.78 is 0. The third-order valence-corrected chi connectivity index (χ3v) is 4.59. The number of hydrogen-bond donors (Lipinski definition) is 1. The molecule has 4 heteroatoms. The summed E-state index contributed by atoms with van der Waals surface area (Å²) in [4.78, 5) is 8.43. The zero-order valence-electron chi connectivity index (χ0n) is 10.7. The predicted octanol–water partition coefficient (Wildman–Crippen LogP) is 3.16. The van der Waals surface area contributed by atoms with Gasteiger partial charge in [-0.1, -0.05) is 0 Å². The van der Waals surface area contributed by atoms with Gasteiger partial charge in [0.25, 0.3) is 0 Å². The lowest BCUT2D eigenvalue weighted by molar-refractivity contribution is 0.625. The Morgan fingerprint density at radius 2 is 2.22 bits per heavy atom. The van der Waals surface area contributed by atoms with Gasteiger partial charge in [-0.25, -0.2) is 4.98 Å². The van der Waals surface area contributed by atoms with E-state index >= 15 is 0 Å². The molecule has 2 aromatic rings. The van der Waals surface area contributed by atoms with E-state index in [4.69, 9.17) is 5.73 Å². The number of thiophene rings is 1. The maximum atomic E-state index is 6.08. The van der Waals surface area contributed by atoms with Gasteiger partial charge in [-0.15, -0.1) is 11.3 Å². The van der Waals surface area contributed by atoms with Gasteiger partial charge in [0.1, 0.15) is 0 Å². The van der Waals surface area contributed by atoms with E-state index in [1.807, 2.05) is 30.4 Å². The van der Waals surface area contributed by atoms with Crippen LogP contribution in [0.15, 0.2) is 23.6 Å². The Balaban J connectivity index is 2.01. The quantitative estimate of drug-likeness (QED) is 0.855. The van der Waals surface area contributed by atoms with E-state index in [1.54, 1.807) is 0 Å². The van der Waals surface area contributed by atoms with Crippen LogP contribution in [0, 0.1) is 6.92 Å². The number of pyridine rings is 1. The fourth-order valence-electron chi connectivity index (χ4n) is 2.58. The SMILES string of the molecule is Cc1ccc(N)c(N2CCc3sccc3C2C)n1. The van der Waals surface area contributed by atoms with Crippen molar-refractivity contribution >= 4 is 22.8 Å². The molecule has 0 aromatic carbocycles. The van der Waals surface area contributed by atoms with Crippen LogP contribution in [0.3, 0.4) is 0 Å².